The summed E-state index contributed by atoms with van der Waals surface area (Å²) in [4.78, 5) is 25.8. The van der Waals surface area contributed by atoms with Crippen LogP contribution in [0.5, 0.6) is 0 Å². The van der Waals surface area contributed by atoms with Crippen molar-refractivity contribution in [1.82, 2.24) is 9.62 Å². The fraction of sp³-hybridized carbons (Fsp3) is 0.765. The van der Waals surface area contributed by atoms with Crippen molar-refractivity contribution in [3.63, 3.8) is 0 Å². The molecule has 2 fully saturated rings. The third-order valence-corrected chi connectivity index (χ3v) is 7.44. The van der Waals surface area contributed by atoms with Crippen molar-refractivity contribution in [2.75, 3.05) is 0 Å². The van der Waals surface area contributed by atoms with Crippen molar-refractivity contribution in [3.8, 4) is 0 Å². The molecule has 0 aromatic carbocycles. The van der Waals surface area contributed by atoms with Crippen LogP contribution in [0.4, 0.5) is 4.79 Å². The third kappa shape index (κ3) is 3.16. The summed E-state index contributed by atoms with van der Waals surface area (Å²) in [5.41, 5.74) is -2.27. The minimum absolute atomic E-state index is 0.238. The average molecular weight is 372 g/mol. The molecule has 7 nitrogen and oxygen atoms in total. The first-order valence-corrected chi connectivity index (χ1v) is 10.1. The zero-order valence-electron chi connectivity index (χ0n) is 15.3. The van der Waals surface area contributed by atoms with E-state index in [-0.39, 0.29) is 6.42 Å². The summed E-state index contributed by atoms with van der Waals surface area (Å²) in [5, 5.41) is 9.66. The van der Waals surface area contributed by atoms with E-state index in [0.717, 1.165) is 4.90 Å². The Morgan fingerprint density at radius 2 is 1.92 bits per heavy atom. The molecule has 0 heterocycles. The van der Waals surface area contributed by atoms with E-state index < -0.39 is 43.8 Å². The lowest BCUT2D eigenvalue weighted by Gasteiger charge is -2.40. The van der Waals surface area contributed by atoms with Gasteiger partial charge in [0.05, 0.1) is 4.75 Å². The highest BCUT2D eigenvalue weighted by molar-refractivity contribution is 7.91. The topological polar surface area (TPSA) is 104 Å². The van der Waals surface area contributed by atoms with Gasteiger partial charge in [-0.25, -0.2) is 13.2 Å². The Morgan fingerprint density at radius 3 is 2.24 bits per heavy atom. The standard InChI is InChI=1S/C17H28N2O5S/c1-6-8-16(9-10-16)25(23,24)18-13(20)17(11-12(17)7-2)19(14(21)22)15(3,4)5/h7,12H,2,6,8-11H2,1,3-5H3,(H,18,20)(H,21,22)/t12-,17-/m1/s1. The number of hydrogen-bond donors (Lipinski definition) is 2. The number of carbonyl (C=O) groups is 2. The molecule has 2 N–H and O–H groups in total. The molecule has 8 heteroatoms. The highest BCUT2D eigenvalue weighted by Gasteiger charge is 2.68. The van der Waals surface area contributed by atoms with Crippen LogP contribution in [-0.4, -0.2) is 46.2 Å². The molecule has 0 saturated heterocycles. The van der Waals surface area contributed by atoms with E-state index in [2.05, 4.69) is 11.3 Å². The lowest BCUT2D eigenvalue weighted by molar-refractivity contribution is -0.128. The molecule has 0 bridgehead atoms. The Kier molecular flexibility index (Phi) is 4.74. The first kappa shape index (κ1) is 19.8. The second-order valence-electron chi connectivity index (χ2n) is 8.13. The maximum absolute atomic E-state index is 12.9. The van der Waals surface area contributed by atoms with E-state index in [9.17, 15) is 23.1 Å². The van der Waals surface area contributed by atoms with Crippen molar-refractivity contribution in [3.05, 3.63) is 12.7 Å². The lowest BCUT2D eigenvalue weighted by atomic mass is 10.00. The molecule has 25 heavy (non-hydrogen) atoms. The van der Waals surface area contributed by atoms with Crippen LogP contribution in [0.25, 0.3) is 0 Å². The number of hydrogen-bond acceptors (Lipinski definition) is 4. The average Bonchev–Trinajstić information content (AvgIpc) is 3.32. The largest absolute Gasteiger partial charge is 0.465 e. The van der Waals surface area contributed by atoms with Crippen molar-refractivity contribution in [2.45, 2.75) is 75.6 Å². The second kappa shape index (κ2) is 6.00. The van der Waals surface area contributed by atoms with Crippen LogP contribution in [0.15, 0.2) is 12.7 Å². The van der Waals surface area contributed by atoms with Gasteiger partial charge in [-0.3, -0.25) is 14.4 Å². The lowest BCUT2D eigenvalue weighted by Crippen LogP contribution is -2.61. The van der Waals surface area contributed by atoms with Crippen LogP contribution in [0.2, 0.25) is 0 Å². The van der Waals surface area contributed by atoms with E-state index in [1.54, 1.807) is 20.8 Å². The monoisotopic (exact) mass is 372 g/mol. The van der Waals surface area contributed by atoms with Crippen LogP contribution in [-0.2, 0) is 14.8 Å². The van der Waals surface area contributed by atoms with Crippen LogP contribution < -0.4 is 4.72 Å². The molecular formula is C17H28N2O5S. The van der Waals surface area contributed by atoms with Gasteiger partial charge in [-0.1, -0.05) is 19.4 Å². The summed E-state index contributed by atoms with van der Waals surface area (Å²) in [6.07, 6.45) is 2.77. The molecule has 142 valence electrons. The minimum Gasteiger partial charge on any atom is -0.465 e. The Labute approximate surface area is 149 Å². The summed E-state index contributed by atoms with van der Waals surface area (Å²) < 4.78 is 26.7. The molecule has 0 aliphatic heterocycles. The number of nitrogens with zero attached hydrogens (tertiary/aromatic N) is 1. The van der Waals surface area contributed by atoms with E-state index in [4.69, 9.17) is 0 Å². The predicted octanol–water partition coefficient (Wildman–Crippen LogP) is 2.49. The molecule has 0 unspecified atom stereocenters. The maximum Gasteiger partial charge on any atom is 0.408 e. The Bertz CT molecular complexity index is 690. The van der Waals surface area contributed by atoms with Gasteiger partial charge in [0.25, 0.3) is 5.91 Å². The summed E-state index contributed by atoms with van der Waals surface area (Å²) in [6.45, 7) is 10.6. The van der Waals surface area contributed by atoms with Gasteiger partial charge in [0.1, 0.15) is 5.54 Å². The third-order valence-electron chi connectivity index (χ3n) is 5.23. The highest BCUT2D eigenvalue weighted by atomic mass is 32.2. The molecule has 0 spiro atoms. The summed E-state index contributed by atoms with van der Waals surface area (Å²) in [6, 6.07) is 0. The molecule has 0 aromatic rings. The van der Waals surface area contributed by atoms with Crippen molar-refractivity contribution < 1.29 is 23.1 Å². The van der Waals surface area contributed by atoms with Crippen molar-refractivity contribution in [2.24, 2.45) is 5.92 Å². The van der Waals surface area contributed by atoms with E-state index in [0.29, 0.717) is 25.7 Å². The van der Waals surface area contributed by atoms with Crippen LogP contribution in [0, 0.1) is 5.92 Å². The molecule has 2 aliphatic rings. The van der Waals surface area contributed by atoms with E-state index in [1.165, 1.54) is 6.08 Å². The summed E-state index contributed by atoms with van der Waals surface area (Å²) in [5.74, 6) is -1.17. The summed E-state index contributed by atoms with van der Waals surface area (Å²) in [7, 11) is -3.84. The zero-order chi connectivity index (χ0) is 19.3. The SMILES string of the molecule is C=C[C@@H]1C[C@@]1(C(=O)NS(=O)(=O)C1(CCC)CC1)N(C(=O)O)C(C)(C)C. The summed E-state index contributed by atoms with van der Waals surface area (Å²) >= 11 is 0. The maximum atomic E-state index is 12.9. The number of carbonyl (C=O) groups excluding carboxylic acids is 1. The Hall–Kier alpha value is -1.57. The van der Waals surface area contributed by atoms with Crippen LogP contribution in [0.3, 0.4) is 0 Å². The first-order valence-electron chi connectivity index (χ1n) is 8.60. The van der Waals surface area contributed by atoms with Gasteiger partial charge in [0, 0.05) is 11.5 Å². The van der Waals surface area contributed by atoms with E-state index >= 15 is 0 Å². The van der Waals surface area contributed by atoms with Gasteiger partial charge < -0.3 is 5.11 Å². The molecule has 2 aliphatic carbocycles. The smallest absolute Gasteiger partial charge is 0.408 e. The van der Waals surface area contributed by atoms with Gasteiger partial charge in [-0.05, 0) is 46.5 Å². The molecule has 2 rings (SSSR count). The van der Waals surface area contributed by atoms with Crippen molar-refractivity contribution >= 4 is 22.0 Å². The van der Waals surface area contributed by atoms with Gasteiger partial charge in [-0.2, -0.15) is 0 Å². The van der Waals surface area contributed by atoms with Crippen LogP contribution in [0.1, 0.15) is 59.8 Å². The van der Waals surface area contributed by atoms with Gasteiger partial charge in [0.15, 0.2) is 0 Å². The quantitative estimate of drug-likeness (QED) is 0.668. The molecule has 2 amide bonds. The fourth-order valence-electron chi connectivity index (χ4n) is 3.80. The second-order valence-corrected chi connectivity index (χ2v) is 10.2. The fourth-order valence-corrected chi connectivity index (χ4v) is 5.55. The van der Waals surface area contributed by atoms with Gasteiger partial charge in [-0.15, -0.1) is 6.58 Å². The van der Waals surface area contributed by atoms with Crippen LogP contribution >= 0.6 is 0 Å². The molecular weight excluding hydrogens is 344 g/mol. The van der Waals surface area contributed by atoms with Crippen molar-refractivity contribution in [1.29, 1.82) is 0 Å². The number of sulfonamides is 1. The normalized spacial score (nSPS) is 27.3. The highest BCUT2D eigenvalue weighted by Crippen LogP contribution is 2.53. The number of nitrogens with one attached hydrogen (secondary N) is 1. The number of amides is 2. The predicted molar refractivity (Wildman–Crippen MR) is 94.6 cm³/mol. The zero-order valence-corrected chi connectivity index (χ0v) is 16.1. The minimum atomic E-state index is -3.84. The Balaban J connectivity index is 2.34. The molecule has 0 radical (unpaired) electrons. The van der Waals surface area contributed by atoms with Gasteiger partial charge >= 0.3 is 6.09 Å². The molecule has 2 saturated carbocycles. The molecule has 0 aromatic heterocycles. The Morgan fingerprint density at radius 1 is 1.36 bits per heavy atom. The van der Waals surface area contributed by atoms with E-state index in [1.807, 2.05) is 6.92 Å². The number of rotatable bonds is 7. The van der Waals surface area contributed by atoms with Gasteiger partial charge in [0.2, 0.25) is 10.0 Å². The first-order chi connectivity index (χ1) is 11.4. The number of carboxylic acid groups (broad SMARTS) is 1. The molecule has 2 atom stereocenters.